The lowest BCUT2D eigenvalue weighted by Crippen LogP contribution is -2.14. The van der Waals surface area contributed by atoms with Crippen LogP contribution in [0.5, 0.6) is 0 Å². The number of carbonyl (C=O) groups excluding carboxylic acids is 2. The van der Waals surface area contributed by atoms with E-state index in [-0.39, 0.29) is 11.3 Å². The lowest BCUT2D eigenvalue weighted by molar-refractivity contribution is 0.0469. The van der Waals surface area contributed by atoms with Gasteiger partial charge in [0.2, 0.25) is 0 Å². The Hall–Kier alpha value is -2.64. The smallest absolute Gasteiger partial charge is 0.358 e. The topological polar surface area (TPSA) is 56.3 Å². The van der Waals surface area contributed by atoms with E-state index in [9.17, 15) is 18.4 Å². The number of ketones is 1. The molecule has 0 unspecified atom stereocenters. The van der Waals surface area contributed by atoms with E-state index in [0.29, 0.717) is 10.0 Å². The molecule has 2 aromatic carbocycles. The van der Waals surface area contributed by atoms with Crippen molar-refractivity contribution >= 4 is 34.7 Å². The Labute approximate surface area is 156 Å². The summed E-state index contributed by atoms with van der Waals surface area (Å²) in [5.74, 6) is -3.64. The first kappa shape index (κ1) is 18.2. The predicted molar refractivity (Wildman–Crippen MR) is 93.5 cm³/mol. The van der Waals surface area contributed by atoms with E-state index in [1.165, 1.54) is 16.7 Å². The molecule has 0 spiro atoms. The van der Waals surface area contributed by atoms with Gasteiger partial charge in [-0.2, -0.15) is 0 Å². The molecule has 0 fully saturated rings. The minimum Gasteiger partial charge on any atom is -0.453 e. The average Bonchev–Trinajstić information content (AvgIpc) is 3.12. The fourth-order valence-corrected chi connectivity index (χ4v) is 3.06. The lowest BCUT2D eigenvalue weighted by atomic mass is 10.1. The van der Waals surface area contributed by atoms with E-state index in [2.05, 4.69) is 4.98 Å². The Bertz CT molecular complexity index is 990. The van der Waals surface area contributed by atoms with Crippen LogP contribution in [-0.2, 0) is 4.74 Å². The SMILES string of the molecule is O=C(COC(=O)c1csc(-c2cccc(Cl)c2)n1)c1ccc(F)c(F)c1. The quantitative estimate of drug-likeness (QED) is 0.462. The Morgan fingerprint density at radius 1 is 1.12 bits per heavy atom. The monoisotopic (exact) mass is 393 g/mol. The highest BCUT2D eigenvalue weighted by Gasteiger charge is 2.16. The molecule has 4 nitrogen and oxygen atoms in total. The van der Waals surface area contributed by atoms with Gasteiger partial charge in [0.25, 0.3) is 0 Å². The summed E-state index contributed by atoms with van der Waals surface area (Å²) in [6.45, 7) is -0.603. The number of halogens is 3. The number of aromatic nitrogens is 1. The van der Waals surface area contributed by atoms with Crippen molar-refractivity contribution in [3.63, 3.8) is 0 Å². The number of rotatable bonds is 5. The second-order valence-corrected chi connectivity index (χ2v) is 6.47. The maximum atomic E-state index is 13.1. The van der Waals surface area contributed by atoms with Crippen molar-refractivity contribution in [3.05, 3.63) is 75.8 Å². The zero-order chi connectivity index (χ0) is 18.7. The van der Waals surface area contributed by atoms with Crippen molar-refractivity contribution in [2.24, 2.45) is 0 Å². The molecule has 8 heteroatoms. The van der Waals surface area contributed by atoms with Crippen molar-refractivity contribution in [2.75, 3.05) is 6.61 Å². The summed E-state index contributed by atoms with van der Waals surface area (Å²) in [4.78, 5) is 28.1. The van der Waals surface area contributed by atoms with Crippen LogP contribution >= 0.6 is 22.9 Å². The average molecular weight is 394 g/mol. The summed E-state index contributed by atoms with van der Waals surface area (Å²) >= 11 is 7.15. The first-order valence-corrected chi connectivity index (χ1v) is 8.56. The van der Waals surface area contributed by atoms with E-state index in [1.54, 1.807) is 24.3 Å². The predicted octanol–water partition coefficient (Wildman–Crippen LogP) is 4.78. The van der Waals surface area contributed by atoms with Crippen LogP contribution in [0.3, 0.4) is 0 Å². The zero-order valence-corrected chi connectivity index (χ0v) is 14.6. The molecule has 0 radical (unpaired) electrons. The highest BCUT2D eigenvalue weighted by molar-refractivity contribution is 7.13. The number of nitrogens with zero attached hydrogens (tertiary/aromatic N) is 1. The minimum atomic E-state index is -1.15. The number of esters is 1. The van der Waals surface area contributed by atoms with Gasteiger partial charge in [-0.15, -0.1) is 11.3 Å². The molecule has 0 aliphatic heterocycles. The molecule has 1 aromatic heterocycles. The molecule has 0 atom stereocenters. The summed E-state index contributed by atoms with van der Waals surface area (Å²) in [5.41, 5.74) is 0.706. The van der Waals surface area contributed by atoms with E-state index in [0.717, 1.165) is 23.8 Å². The maximum Gasteiger partial charge on any atom is 0.358 e. The van der Waals surface area contributed by atoms with Gasteiger partial charge in [-0.3, -0.25) is 4.79 Å². The summed E-state index contributed by atoms with van der Waals surface area (Å²) in [5, 5.41) is 2.62. The van der Waals surface area contributed by atoms with Gasteiger partial charge < -0.3 is 4.74 Å². The molecule has 3 aromatic rings. The van der Waals surface area contributed by atoms with Crippen LogP contribution in [0.25, 0.3) is 10.6 Å². The molecule has 26 heavy (non-hydrogen) atoms. The normalized spacial score (nSPS) is 10.6. The van der Waals surface area contributed by atoms with E-state index >= 15 is 0 Å². The Morgan fingerprint density at radius 2 is 1.92 bits per heavy atom. The van der Waals surface area contributed by atoms with Crippen LogP contribution in [0, 0.1) is 11.6 Å². The second kappa shape index (κ2) is 7.72. The van der Waals surface area contributed by atoms with Gasteiger partial charge in [0.1, 0.15) is 5.01 Å². The van der Waals surface area contributed by atoms with Crippen LogP contribution in [0.4, 0.5) is 8.78 Å². The molecule has 0 saturated carbocycles. The Balaban J connectivity index is 1.65. The second-order valence-electron chi connectivity index (χ2n) is 5.18. The highest BCUT2D eigenvalue weighted by atomic mass is 35.5. The number of hydrogen-bond donors (Lipinski definition) is 0. The van der Waals surface area contributed by atoms with Crippen LogP contribution in [0.1, 0.15) is 20.8 Å². The summed E-state index contributed by atoms with van der Waals surface area (Å²) in [7, 11) is 0. The molecular weight excluding hydrogens is 384 g/mol. The molecule has 0 amide bonds. The Kier molecular flexibility index (Phi) is 5.39. The van der Waals surface area contributed by atoms with Gasteiger partial charge in [-0.05, 0) is 30.3 Å². The number of benzene rings is 2. The zero-order valence-electron chi connectivity index (χ0n) is 13.0. The largest absolute Gasteiger partial charge is 0.453 e. The van der Waals surface area contributed by atoms with E-state index < -0.39 is 30.0 Å². The van der Waals surface area contributed by atoms with E-state index in [4.69, 9.17) is 16.3 Å². The fourth-order valence-electron chi connectivity index (χ4n) is 2.08. The summed E-state index contributed by atoms with van der Waals surface area (Å²) in [6.07, 6.45) is 0. The van der Waals surface area contributed by atoms with Gasteiger partial charge in [-0.25, -0.2) is 18.6 Å². The van der Waals surface area contributed by atoms with Crippen molar-refractivity contribution in [1.82, 2.24) is 4.98 Å². The molecule has 0 N–H and O–H groups in total. The number of hydrogen-bond acceptors (Lipinski definition) is 5. The highest BCUT2D eigenvalue weighted by Crippen LogP contribution is 2.26. The first-order valence-electron chi connectivity index (χ1n) is 7.31. The molecule has 0 aliphatic rings. The van der Waals surface area contributed by atoms with Crippen molar-refractivity contribution < 1.29 is 23.1 Å². The van der Waals surface area contributed by atoms with Crippen LogP contribution in [-0.4, -0.2) is 23.3 Å². The van der Waals surface area contributed by atoms with Gasteiger partial charge in [0.15, 0.2) is 29.7 Å². The number of ether oxygens (including phenoxy) is 1. The fraction of sp³-hybridized carbons (Fsp3) is 0.0556. The molecule has 3 rings (SSSR count). The van der Waals surface area contributed by atoms with E-state index in [1.807, 2.05) is 0 Å². The van der Waals surface area contributed by atoms with Gasteiger partial charge in [0.05, 0.1) is 0 Å². The third-order valence-corrected chi connectivity index (χ3v) is 4.49. The summed E-state index contributed by atoms with van der Waals surface area (Å²) < 4.78 is 30.9. The minimum absolute atomic E-state index is 0.0445. The molecule has 0 aliphatic carbocycles. The van der Waals surface area contributed by atoms with Gasteiger partial charge >= 0.3 is 5.97 Å². The third-order valence-electron chi connectivity index (χ3n) is 3.36. The first-order chi connectivity index (χ1) is 12.4. The number of carbonyl (C=O) groups is 2. The lowest BCUT2D eigenvalue weighted by Gasteiger charge is -2.03. The van der Waals surface area contributed by atoms with Gasteiger partial charge in [0, 0.05) is 21.5 Å². The molecule has 1 heterocycles. The van der Waals surface area contributed by atoms with Gasteiger partial charge in [-0.1, -0.05) is 23.7 Å². The van der Waals surface area contributed by atoms with Crippen LogP contribution in [0.2, 0.25) is 5.02 Å². The number of Topliss-reactive ketones (excluding diaryl/α,β-unsaturated/α-hetero) is 1. The standard InChI is InChI=1S/C18H10ClF2NO3S/c19-12-3-1-2-11(6-12)17-22-15(9-26-17)18(24)25-8-16(23)10-4-5-13(20)14(21)7-10/h1-7,9H,8H2. The summed E-state index contributed by atoms with van der Waals surface area (Å²) in [6, 6.07) is 9.70. The molecule has 0 saturated heterocycles. The maximum absolute atomic E-state index is 13.1. The van der Waals surface area contributed by atoms with Crippen molar-refractivity contribution in [2.45, 2.75) is 0 Å². The molecule has 0 bridgehead atoms. The van der Waals surface area contributed by atoms with Crippen LogP contribution < -0.4 is 0 Å². The third kappa shape index (κ3) is 4.12. The Morgan fingerprint density at radius 3 is 2.65 bits per heavy atom. The molecule has 132 valence electrons. The van der Waals surface area contributed by atoms with Crippen molar-refractivity contribution in [3.8, 4) is 10.6 Å². The molecular formula is C18H10ClF2NO3S. The van der Waals surface area contributed by atoms with Crippen molar-refractivity contribution in [1.29, 1.82) is 0 Å². The number of thiazole rings is 1. The van der Waals surface area contributed by atoms with Crippen LogP contribution in [0.15, 0.2) is 47.8 Å².